The van der Waals surface area contributed by atoms with Crippen molar-refractivity contribution in [2.24, 2.45) is 5.92 Å². The zero-order chi connectivity index (χ0) is 10.7. The van der Waals surface area contributed by atoms with Crippen LogP contribution in [0.2, 0.25) is 0 Å². The lowest BCUT2D eigenvalue weighted by atomic mass is 9.85. The molecule has 15 heavy (non-hydrogen) atoms. The molecule has 0 spiro atoms. The summed E-state index contributed by atoms with van der Waals surface area (Å²) < 4.78 is 6.30. The molecule has 1 fully saturated rings. The lowest BCUT2D eigenvalue weighted by Crippen LogP contribution is -2.21. The average molecular weight is 270 g/mol. The van der Waals surface area contributed by atoms with Gasteiger partial charge in [-0.15, -0.1) is 0 Å². The summed E-state index contributed by atoms with van der Waals surface area (Å²) >= 11 is 3.53. The minimum absolute atomic E-state index is 0.864. The standard InChI is InChI=1S/C12H16BrNO/c1-15-10-5-6-11(13)12(7-10)14-8-9-3-2-4-9/h5-7,9,14H,2-4,8H2,1H3. The van der Waals surface area contributed by atoms with Crippen molar-refractivity contribution in [1.82, 2.24) is 0 Å². The topological polar surface area (TPSA) is 21.3 Å². The van der Waals surface area contributed by atoms with E-state index in [1.807, 2.05) is 18.2 Å². The van der Waals surface area contributed by atoms with Gasteiger partial charge in [-0.25, -0.2) is 0 Å². The summed E-state index contributed by atoms with van der Waals surface area (Å²) in [6, 6.07) is 6.00. The number of ether oxygens (including phenoxy) is 1. The minimum atomic E-state index is 0.864. The number of methoxy groups -OCH3 is 1. The van der Waals surface area contributed by atoms with E-state index >= 15 is 0 Å². The molecule has 1 aliphatic carbocycles. The number of nitrogens with one attached hydrogen (secondary N) is 1. The van der Waals surface area contributed by atoms with E-state index in [0.29, 0.717) is 0 Å². The van der Waals surface area contributed by atoms with Gasteiger partial charge in [0.15, 0.2) is 0 Å². The van der Waals surface area contributed by atoms with Crippen molar-refractivity contribution in [2.75, 3.05) is 19.0 Å². The Morgan fingerprint density at radius 3 is 2.87 bits per heavy atom. The Labute approximate surface area is 99.1 Å². The highest BCUT2D eigenvalue weighted by molar-refractivity contribution is 9.10. The first-order chi connectivity index (χ1) is 7.29. The van der Waals surface area contributed by atoms with Crippen LogP contribution in [0.25, 0.3) is 0 Å². The van der Waals surface area contributed by atoms with Crippen molar-refractivity contribution >= 4 is 21.6 Å². The molecule has 3 heteroatoms. The maximum Gasteiger partial charge on any atom is 0.121 e. The average Bonchev–Trinajstić information content (AvgIpc) is 2.18. The largest absolute Gasteiger partial charge is 0.497 e. The summed E-state index contributed by atoms with van der Waals surface area (Å²) in [4.78, 5) is 0. The Morgan fingerprint density at radius 1 is 1.47 bits per heavy atom. The molecule has 0 amide bonds. The van der Waals surface area contributed by atoms with E-state index in [4.69, 9.17) is 4.74 Å². The molecule has 2 nitrogen and oxygen atoms in total. The van der Waals surface area contributed by atoms with E-state index in [1.165, 1.54) is 19.3 Å². The van der Waals surface area contributed by atoms with Crippen LogP contribution in [0.3, 0.4) is 0 Å². The van der Waals surface area contributed by atoms with Gasteiger partial charge < -0.3 is 10.1 Å². The van der Waals surface area contributed by atoms with Crippen LogP contribution in [0.1, 0.15) is 19.3 Å². The fraction of sp³-hybridized carbons (Fsp3) is 0.500. The Hall–Kier alpha value is -0.700. The third-order valence-electron chi connectivity index (χ3n) is 2.98. The summed E-state index contributed by atoms with van der Waals surface area (Å²) in [5, 5.41) is 3.46. The molecule has 1 aromatic rings. The van der Waals surface area contributed by atoms with E-state index in [2.05, 4.69) is 21.2 Å². The quantitative estimate of drug-likeness (QED) is 0.901. The van der Waals surface area contributed by atoms with E-state index in [-0.39, 0.29) is 0 Å². The predicted octanol–water partition coefficient (Wildman–Crippen LogP) is 3.67. The third kappa shape index (κ3) is 2.65. The monoisotopic (exact) mass is 269 g/mol. The normalized spacial score (nSPS) is 15.9. The fourth-order valence-electron chi connectivity index (χ4n) is 1.72. The van der Waals surface area contributed by atoms with Gasteiger partial charge in [-0.1, -0.05) is 6.42 Å². The Bertz CT molecular complexity index is 336. The molecule has 0 heterocycles. The Balaban J connectivity index is 1.98. The summed E-state index contributed by atoms with van der Waals surface area (Å²) in [5.74, 6) is 1.76. The summed E-state index contributed by atoms with van der Waals surface area (Å²) in [6.07, 6.45) is 4.13. The molecular weight excluding hydrogens is 254 g/mol. The Kier molecular flexibility index (Phi) is 3.52. The van der Waals surface area contributed by atoms with Crippen LogP contribution < -0.4 is 10.1 Å². The number of hydrogen-bond acceptors (Lipinski definition) is 2. The predicted molar refractivity (Wildman–Crippen MR) is 66.5 cm³/mol. The molecular formula is C12H16BrNO. The van der Waals surface area contributed by atoms with Crippen molar-refractivity contribution in [3.8, 4) is 5.75 Å². The van der Waals surface area contributed by atoms with E-state index in [0.717, 1.165) is 28.4 Å². The Morgan fingerprint density at radius 2 is 2.27 bits per heavy atom. The molecule has 1 aromatic carbocycles. The van der Waals surface area contributed by atoms with Crippen molar-refractivity contribution in [2.45, 2.75) is 19.3 Å². The van der Waals surface area contributed by atoms with Crippen molar-refractivity contribution in [3.05, 3.63) is 22.7 Å². The fourth-order valence-corrected chi connectivity index (χ4v) is 2.10. The first kappa shape index (κ1) is 10.8. The molecule has 0 unspecified atom stereocenters. The molecule has 0 radical (unpaired) electrons. The van der Waals surface area contributed by atoms with Crippen LogP contribution in [-0.4, -0.2) is 13.7 Å². The van der Waals surface area contributed by atoms with Gasteiger partial charge in [-0.3, -0.25) is 0 Å². The molecule has 2 rings (SSSR count). The van der Waals surface area contributed by atoms with Crippen molar-refractivity contribution in [1.29, 1.82) is 0 Å². The molecule has 0 saturated heterocycles. The van der Waals surface area contributed by atoms with Crippen LogP contribution in [0.5, 0.6) is 5.75 Å². The molecule has 0 bridgehead atoms. The maximum absolute atomic E-state index is 5.20. The van der Waals surface area contributed by atoms with Crippen molar-refractivity contribution < 1.29 is 4.74 Å². The lowest BCUT2D eigenvalue weighted by Gasteiger charge is -2.26. The molecule has 0 aromatic heterocycles. The van der Waals surface area contributed by atoms with Crippen LogP contribution in [0.15, 0.2) is 22.7 Å². The van der Waals surface area contributed by atoms with Crippen LogP contribution in [0, 0.1) is 5.92 Å². The SMILES string of the molecule is COc1ccc(Br)c(NCC2CCC2)c1. The maximum atomic E-state index is 5.20. The third-order valence-corrected chi connectivity index (χ3v) is 3.67. The first-order valence-corrected chi connectivity index (χ1v) is 6.16. The van der Waals surface area contributed by atoms with Crippen LogP contribution >= 0.6 is 15.9 Å². The van der Waals surface area contributed by atoms with E-state index in [9.17, 15) is 0 Å². The molecule has 1 saturated carbocycles. The smallest absolute Gasteiger partial charge is 0.121 e. The highest BCUT2D eigenvalue weighted by atomic mass is 79.9. The second kappa shape index (κ2) is 4.88. The summed E-state index contributed by atoms with van der Waals surface area (Å²) in [5.41, 5.74) is 1.13. The van der Waals surface area contributed by atoms with Crippen LogP contribution in [-0.2, 0) is 0 Å². The van der Waals surface area contributed by atoms with Gasteiger partial charge in [0.05, 0.1) is 12.8 Å². The zero-order valence-corrected chi connectivity index (χ0v) is 10.5. The second-order valence-electron chi connectivity index (χ2n) is 4.02. The highest BCUT2D eigenvalue weighted by Gasteiger charge is 2.17. The number of halogens is 1. The minimum Gasteiger partial charge on any atom is -0.497 e. The zero-order valence-electron chi connectivity index (χ0n) is 8.92. The summed E-state index contributed by atoms with van der Waals surface area (Å²) in [7, 11) is 1.69. The second-order valence-corrected chi connectivity index (χ2v) is 4.88. The van der Waals surface area contributed by atoms with Gasteiger partial charge in [-0.2, -0.15) is 0 Å². The lowest BCUT2D eigenvalue weighted by molar-refractivity contribution is 0.333. The van der Waals surface area contributed by atoms with Crippen LogP contribution in [0.4, 0.5) is 5.69 Å². The molecule has 1 aliphatic rings. The van der Waals surface area contributed by atoms with Gasteiger partial charge in [0, 0.05) is 17.1 Å². The molecule has 0 atom stereocenters. The number of benzene rings is 1. The first-order valence-electron chi connectivity index (χ1n) is 5.37. The van der Waals surface area contributed by atoms with Gasteiger partial charge in [0.1, 0.15) is 5.75 Å². The number of hydrogen-bond donors (Lipinski definition) is 1. The van der Waals surface area contributed by atoms with Gasteiger partial charge in [0.25, 0.3) is 0 Å². The number of anilines is 1. The molecule has 82 valence electrons. The van der Waals surface area contributed by atoms with Gasteiger partial charge in [-0.05, 0) is 46.8 Å². The molecule has 0 aliphatic heterocycles. The van der Waals surface area contributed by atoms with Gasteiger partial charge >= 0.3 is 0 Å². The molecule has 1 N–H and O–H groups in total. The van der Waals surface area contributed by atoms with E-state index in [1.54, 1.807) is 7.11 Å². The van der Waals surface area contributed by atoms with Crippen molar-refractivity contribution in [3.63, 3.8) is 0 Å². The van der Waals surface area contributed by atoms with E-state index < -0.39 is 0 Å². The summed E-state index contributed by atoms with van der Waals surface area (Å²) in [6.45, 7) is 1.08. The number of rotatable bonds is 4. The highest BCUT2D eigenvalue weighted by Crippen LogP contribution is 2.30. The van der Waals surface area contributed by atoms with Gasteiger partial charge in [0.2, 0.25) is 0 Å².